The third-order valence-electron chi connectivity index (χ3n) is 4.11. The third-order valence-corrected chi connectivity index (χ3v) is 4.11. The van der Waals surface area contributed by atoms with E-state index in [1.807, 2.05) is 31.2 Å². The molecular weight excluding hydrogens is 330 g/mol. The number of hydrogen-bond acceptors (Lipinski definition) is 4. The molecule has 6 nitrogen and oxygen atoms in total. The average Bonchev–Trinajstić information content (AvgIpc) is 2.63. The summed E-state index contributed by atoms with van der Waals surface area (Å²) < 4.78 is 5.15. The smallest absolute Gasteiger partial charge is 0.241 e. The molecule has 2 N–H and O–H groups in total. The number of carbonyl (C=O) groups excluding carboxylic acids is 2. The number of likely N-dealkylation sites (N-methyl/N-ethyl adjacent to an activating group) is 1. The lowest BCUT2D eigenvalue weighted by Gasteiger charge is -2.23. The van der Waals surface area contributed by atoms with Gasteiger partial charge in [-0.15, -0.1) is 0 Å². The maximum Gasteiger partial charge on any atom is 0.241 e. The van der Waals surface area contributed by atoms with Crippen molar-refractivity contribution in [3.63, 3.8) is 0 Å². The fourth-order valence-electron chi connectivity index (χ4n) is 2.35. The lowest BCUT2D eigenvalue weighted by molar-refractivity contribution is -0.122. The number of methoxy groups -OCH3 is 1. The monoisotopic (exact) mass is 355 g/mol. The molecule has 0 spiro atoms. The topological polar surface area (TPSA) is 70.7 Å². The second-order valence-corrected chi connectivity index (χ2v) is 6.23. The molecule has 2 aromatic rings. The number of anilines is 2. The molecule has 0 heterocycles. The van der Waals surface area contributed by atoms with Crippen molar-refractivity contribution in [1.29, 1.82) is 0 Å². The highest BCUT2D eigenvalue weighted by Crippen LogP contribution is 2.17. The molecule has 0 saturated carbocycles. The number of nitrogens with one attached hydrogen (secondary N) is 2. The van der Waals surface area contributed by atoms with Crippen LogP contribution >= 0.6 is 0 Å². The molecule has 0 aliphatic rings. The standard InChI is InChI=1S/C20H25N3O3/c1-14-8-10-16(11-9-14)21-19(24)13-23(3)15(2)20(25)22-17-6-5-7-18(12-17)26-4/h5-12,15H,13H2,1-4H3,(H,21,24)(H,22,25)/t15-/m0/s1. The van der Waals surface area contributed by atoms with Gasteiger partial charge in [-0.1, -0.05) is 23.8 Å². The quantitative estimate of drug-likeness (QED) is 0.801. The van der Waals surface area contributed by atoms with Crippen molar-refractivity contribution in [3.8, 4) is 5.75 Å². The number of carbonyl (C=O) groups is 2. The van der Waals surface area contributed by atoms with E-state index in [1.165, 1.54) is 0 Å². The van der Waals surface area contributed by atoms with Crippen molar-refractivity contribution >= 4 is 23.2 Å². The van der Waals surface area contributed by atoms with Crippen molar-refractivity contribution in [2.45, 2.75) is 19.9 Å². The summed E-state index contributed by atoms with van der Waals surface area (Å²) in [5, 5.41) is 5.66. The Hall–Kier alpha value is -2.86. The van der Waals surface area contributed by atoms with E-state index in [4.69, 9.17) is 4.74 Å². The van der Waals surface area contributed by atoms with Gasteiger partial charge in [-0.2, -0.15) is 0 Å². The summed E-state index contributed by atoms with van der Waals surface area (Å²) in [6.07, 6.45) is 0. The molecule has 138 valence electrons. The molecule has 0 unspecified atom stereocenters. The van der Waals surface area contributed by atoms with E-state index in [0.717, 1.165) is 11.3 Å². The van der Waals surface area contributed by atoms with Gasteiger partial charge in [-0.3, -0.25) is 14.5 Å². The Balaban J connectivity index is 1.88. The predicted molar refractivity (Wildman–Crippen MR) is 104 cm³/mol. The van der Waals surface area contributed by atoms with E-state index in [2.05, 4.69) is 10.6 Å². The van der Waals surface area contributed by atoms with Crippen LogP contribution in [0.4, 0.5) is 11.4 Å². The molecule has 0 aliphatic heterocycles. The number of nitrogens with zero attached hydrogens (tertiary/aromatic N) is 1. The van der Waals surface area contributed by atoms with Crippen molar-refractivity contribution in [3.05, 3.63) is 54.1 Å². The van der Waals surface area contributed by atoms with Crippen LogP contribution < -0.4 is 15.4 Å². The number of aryl methyl sites for hydroxylation is 1. The van der Waals surface area contributed by atoms with E-state index >= 15 is 0 Å². The molecule has 0 aromatic heterocycles. The Kier molecular flexibility index (Phi) is 6.74. The third kappa shape index (κ3) is 5.60. The average molecular weight is 355 g/mol. The van der Waals surface area contributed by atoms with E-state index in [9.17, 15) is 9.59 Å². The minimum absolute atomic E-state index is 0.112. The van der Waals surface area contributed by atoms with Crippen LogP contribution in [-0.4, -0.2) is 43.5 Å². The maximum atomic E-state index is 12.4. The number of hydrogen-bond donors (Lipinski definition) is 2. The Morgan fingerprint density at radius 2 is 1.77 bits per heavy atom. The molecule has 2 rings (SSSR count). The SMILES string of the molecule is COc1cccc(NC(=O)[C@H](C)N(C)CC(=O)Nc2ccc(C)cc2)c1. The molecule has 0 aliphatic carbocycles. The van der Waals surface area contributed by atoms with Crippen molar-refractivity contribution in [2.75, 3.05) is 31.3 Å². The Morgan fingerprint density at radius 3 is 2.42 bits per heavy atom. The summed E-state index contributed by atoms with van der Waals surface area (Å²) in [6, 6.07) is 14.3. The fourth-order valence-corrected chi connectivity index (χ4v) is 2.35. The van der Waals surface area contributed by atoms with Gasteiger partial charge in [0.1, 0.15) is 5.75 Å². The van der Waals surface area contributed by atoms with Gasteiger partial charge in [0, 0.05) is 17.4 Å². The first kappa shape index (κ1) is 19.5. The second-order valence-electron chi connectivity index (χ2n) is 6.23. The molecule has 26 heavy (non-hydrogen) atoms. The highest BCUT2D eigenvalue weighted by atomic mass is 16.5. The van der Waals surface area contributed by atoms with Gasteiger partial charge < -0.3 is 15.4 Å². The Morgan fingerprint density at radius 1 is 1.08 bits per heavy atom. The van der Waals surface area contributed by atoms with Gasteiger partial charge in [0.05, 0.1) is 19.7 Å². The van der Waals surface area contributed by atoms with E-state index in [1.54, 1.807) is 50.2 Å². The number of rotatable bonds is 7. The van der Waals surface area contributed by atoms with Gasteiger partial charge in [0.25, 0.3) is 0 Å². The predicted octanol–water partition coefficient (Wildman–Crippen LogP) is 2.90. The van der Waals surface area contributed by atoms with E-state index in [-0.39, 0.29) is 18.4 Å². The van der Waals surface area contributed by atoms with E-state index in [0.29, 0.717) is 11.4 Å². The molecule has 0 saturated heterocycles. The van der Waals surface area contributed by atoms with Crippen LogP contribution in [0, 0.1) is 6.92 Å². The Bertz CT molecular complexity index is 759. The normalized spacial score (nSPS) is 11.7. The first-order valence-electron chi connectivity index (χ1n) is 8.40. The molecule has 2 aromatic carbocycles. The van der Waals surface area contributed by atoms with Crippen LogP contribution in [0.15, 0.2) is 48.5 Å². The summed E-state index contributed by atoms with van der Waals surface area (Å²) in [5.74, 6) is 0.308. The van der Waals surface area contributed by atoms with Crippen molar-refractivity contribution < 1.29 is 14.3 Å². The zero-order chi connectivity index (χ0) is 19.1. The zero-order valence-electron chi connectivity index (χ0n) is 15.6. The Labute approximate surface area is 154 Å². The minimum atomic E-state index is -0.468. The maximum absolute atomic E-state index is 12.4. The van der Waals surface area contributed by atoms with Crippen molar-refractivity contribution in [2.24, 2.45) is 0 Å². The molecular formula is C20H25N3O3. The molecule has 0 radical (unpaired) electrons. The van der Waals surface area contributed by atoms with Crippen LogP contribution in [0.3, 0.4) is 0 Å². The summed E-state index contributed by atoms with van der Waals surface area (Å²) in [7, 11) is 3.31. The van der Waals surface area contributed by atoms with Crippen LogP contribution in [0.25, 0.3) is 0 Å². The summed E-state index contributed by atoms with van der Waals surface area (Å²) in [4.78, 5) is 26.3. The zero-order valence-corrected chi connectivity index (χ0v) is 15.6. The molecule has 2 amide bonds. The largest absolute Gasteiger partial charge is 0.497 e. The highest BCUT2D eigenvalue weighted by molar-refractivity contribution is 5.96. The van der Waals surface area contributed by atoms with Crippen LogP contribution in [0.5, 0.6) is 5.75 Å². The number of benzene rings is 2. The molecule has 1 atom stereocenters. The first-order chi connectivity index (χ1) is 12.4. The second kappa shape index (κ2) is 9.01. The fraction of sp³-hybridized carbons (Fsp3) is 0.300. The lowest BCUT2D eigenvalue weighted by atomic mass is 10.2. The minimum Gasteiger partial charge on any atom is -0.497 e. The summed E-state index contributed by atoms with van der Waals surface area (Å²) >= 11 is 0. The summed E-state index contributed by atoms with van der Waals surface area (Å²) in [5.41, 5.74) is 2.52. The van der Waals surface area contributed by atoms with Gasteiger partial charge in [0.2, 0.25) is 11.8 Å². The molecule has 0 bridgehead atoms. The van der Waals surface area contributed by atoms with Gasteiger partial charge in [0.15, 0.2) is 0 Å². The lowest BCUT2D eigenvalue weighted by Crippen LogP contribution is -2.43. The van der Waals surface area contributed by atoms with Gasteiger partial charge in [-0.05, 0) is 45.2 Å². The van der Waals surface area contributed by atoms with Crippen molar-refractivity contribution in [1.82, 2.24) is 4.90 Å². The van der Waals surface area contributed by atoms with Crippen LogP contribution in [0.1, 0.15) is 12.5 Å². The van der Waals surface area contributed by atoms with Crippen LogP contribution in [-0.2, 0) is 9.59 Å². The summed E-state index contributed by atoms with van der Waals surface area (Å²) in [6.45, 7) is 3.86. The highest BCUT2D eigenvalue weighted by Gasteiger charge is 2.20. The van der Waals surface area contributed by atoms with E-state index < -0.39 is 6.04 Å². The molecule has 0 fully saturated rings. The number of amides is 2. The molecule has 6 heteroatoms. The van der Waals surface area contributed by atoms with Gasteiger partial charge >= 0.3 is 0 Å². The van der Waals surface area contributed by atoms with Gasteiger partial charge in [-0.25, -0.2) is 0 Å². The number of ether oxygens (including phenoxy) is 1. The first-order valence-corrected chi connectivity index (χ1v) is 8.40. The van der Waals surface area contributed by atoms with Crippen LogP contribution in [0.2, 0.25) is 0 Å².